The highest BCUT2D eigenvalue weighted by Crippen LogP contribution is 2.38. The molecule has 2 atom stereocenters. The van der Waals surface area contributed by atoms with Crippen LogP contribution in [-0.2, 0) is 16.0 Å². The number of carboxylic acids is 2. The molecule has 0 aromatic heterocycles. The molecule has 6 heteroatoms. The fraction of sp³-hybridized carbons (Fsp3) is 0.545. The van der Waals surface area contributed by atoms with Crippen LogP contribution in [0.25, 0.3) is 0 Å². The van der Waals surface area contributed by atoms with Crippen LogP contribution < -0.4 is 4.74 Å². The van der Waals surface area contributed by atoms with Gasteiger partial charge in [-0.25, -0.2) is 9.59 Å². The average molecular weight is 392 g/mol. The van der Waals surface area contributed by atoms with Gasteiger partial charge >= 0.3 is 11.9 Å². The van der Waals surface area contributed by atoms with E-state index in [0.717, 1.165) is 12.2 Å². The van der Waals surface area contributed by atoms with E-state index in [4.69, 9.17) is 14.9 Å². The van der Waals surface area contributed by atoms with Gasteiger partial charge in [-0.2, -0.15) is 0 Å². The Morgan fingerprint density at radius 3 is 2.18 bits per heavy atom. The molecule has 2 N–H and O–H groups in total. The molecule has 0 aliphatic heterocycles. The fourth-order valence-corrected chi connectivity index (χ4v) is 3.88. The molecule has 0 spiro atoms. The number of nitrogens with zero attached hydrogens (tertiary/aromatic N) is 1. The number of hydrogen-bond acceptors (Lipinski definition) is 4. The third kappa shape index (κ3) is 7.00. The molecule has 0 saturated heterocycles. The Morgan fingerprint density at radius 2 is 1.71 bits per heavy atom. The topological polar surface area (TPSA) is 87.1 Å². The Kier molecular flexibility index (Phi) is 10.3. The van der Waals surface area contributed by atoms with E-state index >= 15 is 0 Å². The van der Waals surface area contributed by atoms with Gasteiger partial charge in [0, 0.05) is 18.2 Å². The second kappa shape index (κ2) is 12.2. The summed E-state index contributed by atoms with van der Waals surface area (Å²) in [6.07, 6.45) is 6.01. The highest BCUT2D eigenvalue weighted by molar-refractivity contribution is 5.89. The number of carbonyl (C=O) groups is 2. The van der Waals surface area contributed by atoms with E-state index in [1.807, 2.05) is 0 Å². The summed E-state index contributed by atoms with van der Waals surface area (Å²) in [6, 6.07) is 7.22. The van der Waals surface area contributed by atoms with Crippen LogP contribution in [0.1, 0.15) is 57.1 Å². The lowest BCUT2D eigenvalue weighted by molar-refractivity contribution is -0.134. The zero-order valence-electron chi connectivity index (χ0n) is 17.4. The van der Waals surface area contributed by atoms with Crippen LogP contribution in [0.15, 0.2) is 30.4 Å². The second-order valence-electron chi connectivity index (χ2n) is 6.97. The lowest BCUT2D eigenvalue weighted by Gasteiger charge is -2.40. The van der Waals surface area contributed by atoms with E-state index in [9.17, 15) is 9.59 Å². The molecule has 0 bridgehead atoms. The van der Waals surface area contributed by atoms with Crippen molar-refractivity contribution in [1.82, 2.24) is 4.90 Å². The number of methoxy groups -OCH3 is 1. The van der Waals surface area contributed by atoms with Gasteiger partial charge in [-0.05, 0) is 61.9 Å². The fourth-order valence-electron chi connectivity index (χ4n) is 3.88. The molecule has 0 amide bonds. The quantitative estimate of drug-likeness (QED) is 0.653. The minimum Gasteiger partial charge on any atom is -0.496 e. The molecule has 156 valence electrons. The third-order valence-electron chi connectivity index (χ3n) is 5.01. The van der Waals surface area contributed by atoms with E-state index < -0.39 is 11.9 Å². The van der Waals surface area contributed by atoms with E-state index in [0.29, 0.717) is 24.1 Å². The standard InChI is InChI=1S/C18H29NO.C4H4O4/c1-5-12-19(13-6-2)17-11-10-16-15(14(17)3)8-7-9-18(16)20-4;5-3(6)1-2-4(7)8/h7-9,14,17H,5-6,10-13H2,1-4H3;1-2H,(H,5,6)(H,7,8). The van der Waals surface area contributed by atoms with Crippen LogP contribution in [0.2, 0.25) is 0 Å². The van der Waals surface area contributed by atoms with Gasteiger partial charge in [-0.15, -0.1) is 0 Å². The van der Waals surface area contributed by atoms with Crippen molar-refractivity contribution in [3.05, 3.63) is 41.5 Å². The Labute approximate surface area is 167 Å². The summed E-state index contributed by atoms with van der Waals surface area (Å²) in [7, 11) is 1.78. The molecule has 2 unspecified atom stereocenters. The first-order chi connectivity index (χ1) is 13.3. The van der Waals surface area contributed by atoms with Gasteiger partial charge in [0.2, 0.25) is 0 Å². The predicted molar refractivity (Wildman–Crippen MR) is 110 cm³/mol. The molecule has 28 heavy (non-hydrogen) atoms. The Hall–Kier alpha value is -2.34. The van der Waals surface area contributed by atoms with E-state index in [1.165, 1.54) is 43.5 Å². The summed E-state index contributed by atoms with van der Waals surface area (Å²) in [5, 5.41) is 15.6. The number of fused-ring (bicyclic) bond motifs is 1. The number of hydrogen-bond donors (Lipinski definition) is 2. The summed E-state index contributed by atoms with van der Waals surface area (Å²) in [5.74, 6) is -0.836. The van der Waals surface area contributed by atoms with Gasteiger partial charge in [-0.1, -0.05) is 32.9 Å². The lowest BCUT2D eigenvalue weighted by Crippen LogP contribution is -2.42. The molecule has 1 aliphatic carbocycles. The Balaban J connectivity index is 0.000000416. The van der Waals surface area contributed by atoms with Crippen LogP contribution in [0.5, 0.6) is 5.75 Å². The minimum atomic E-state index is -1.26. The maximum Gasteiger partial charge on any atom is 0.328 e. The molecule has 1 aliphatic rings. The minimum absolute atomic E-state index is 0.558. The Morgan fingerprint density at radius 1 is 1.14 bits per heavy atom. The molecule has 1 aromatic carbocycles. The molecule has 0 heterocycles. The van der Waals surface area contributed by atoms with E-state index in [-0.39, 0.29) is 0 Å². The maximum absolute atomic E-state index is 9.55. The van der Waals surface area contributed by atoms with E-state index in [2.05, 4.69) is 43.9 Å². The summed E-state index contributed by atoms with van der Waals surface area (Å²) in [5.41, 5.74) is 2.93. The van der Waals surface area contributed by atoms with Gasteiger partial charge in [0.15, 0.2) is 0 Å². The van der Waals surface area contributed by atoms with Crippen molar-refractivity contribution >= 4 is 11.9 Å². The first-order valence-corrected chi connectivity index (χ1v) is 9.89. The molecule has 1 aromatic rings. The summed E-state index contributed by atoms with van der Waals surface area (Å²) >= 11 is 0. The van der Waals surface area contributed by atoms with Crippen LogP contribution >= 0.6 is 0 Å². The van der Waals surface area contributed by atoms with Crippen LogP contribution in [0.3, 0.4) is 0 Å². The van der Waals surface area contributed by atoms with Crippen LogP contribution in [0, 0.1) is 0 Å². The summed E-state index contributed by atoms with van der Waals surface area (Å²) in [6.45, 7) is 9.41. The van der Waals surface area contributed by atoms with Gasteiger partial charge in [0.05, 0.1) is 7.11 Å². The van der Waals surface area contributed by atoms with Gasteiger partial charge in [0.25, 0.3) is 0 Å². The molecule has 2 rings (SSSR count). The number of ether oxygens (including phenoxy) is 1. The van der Waals surface area contributed by atoms with Crippen molar-refractivity contribution < 1.29 is 24.5 Å². The number of rotatable bonds is 8. The van der Waals surface area contributed by atoms with E-state index in [1.54, 1.807) is 7.11 Å². The molecule has 0 radical (unpaired) electrons. The first-order valence-electron chi connectivity index (χ1n) is 9.89. The Bertz CT molecular complexity index is 649. The van der Waals surface area contributed by atoms with Crippen LogP contribution in [-0.4, -0.2) is 53.3 Å². The SMILES string of the molecule is CCCN(CCC)C1CCc2c(OC)cccc2C1C.O=C(O)C=CC(=O)O. The van der Waals surface area contributed by atoms with Crippen molar-refractivity contribution in [2.75, 3.05) is 20.2 Å². The molecule has 0 fully saturated rings. The first kappa shape index (κ1) is 23.7. The smallest absolute Gasteiger partial charge is 0.328 e. The molecular formula is C22H33NO5. The molecule has 6 nitrogen and oxygen atoms in total. The number of carboxylic acid groups (broad SMARTS) is 2. The van der Waals surface area contributed by atoms with Crippen molar-refractivity contribution in [2.45, 2.75) is 58.4 Å². The van der Waals surface area contributed by atoms with Gasteiger partial charge in [0.1, 0.15) is 5.75 Å². The normalized spacial score (nSPS) is 18.3. The largest absolute Gasteiger partial charge is 0.496 e. The van der Waals surface area contributed by atoms with Crippen molar-refractivity contribution in [3.8, 4) is 5.75 Å². The number of benzene rings is 1. The highest BCUT2D eigenvalue weighted by atomic mass is 16.5. The zero-order chi connectivity index (χ0) is 21.1. The van der Waals surface area contributed by atoms with Gasteiger partial charge in [-0.3, -0.25) is 4.90 Å². The third-order valence-corrected chi connectivity index (χ3v) is 5.01. The van der Waals surface area contributed by atoms with Crippen molar-refractivity contribution in [3.63, 3.8) is 0 Å². The average Bonchev–Trinajstić information content (AvgIpc) is 2.67. The zero-order valence-corrected chi connectivity index (χ0v) is 17.4. The second-order valence-corrected chi connectivity index (χ2v) is 6.97. The number of aliphatic carboxylic acids is 2. The van der Waals surface area contributed by atoms with Gasteiger partial charge < -0.3 is 14.9 Å². The highest BCUT2D eigenvalue weighted by Gasteiger charge is 2.31. The van der Waals surface area contributed by atoms with Crippen molar-refractivity contribution in [1.29, 1.82) is 0 Å². The van der Waals surface area contributed by atoms with Crippen LogP contribution in [0.4, 0.5) is 0 Å². The predicted octanol–water partition coefficient (Wildman–Crippen LogP) is 3.95. The molecular weight excluding hydrogens is 358 g/mol. The summed E-state index contributed by atoms with van der Waals surface area (Å²) in [4.78, 5) is 21.8. The lowest BCUT2D eigenvalue weighted by atomic mass is 9.79. The molecule has 0 saturated carbocycles. The summed E-state index contributed by atoms with van der Waals surface area (Å²) < 4.78 is 5.54. The monoisotopic (exact) mass is 391 g/mol. The van der Waals surface area contributed by atoms with Crippen molar-refractivity contribution in [2.24, 2.45) is 0 Å². The maximum atomic E-state index is 9.55.